The summed E-state index contributed by atoms with van der Waals surface area (Å²) in [6, 6.07) is 15.3. The van der Waals surface area contributed by atoms with Crippen LogP contribution in [-0.4, -0.2) is 21.8 Å². The Kier molecular flexibility index (Phi) is 5.90. The summed E-state index contributed by atoms with van der Waals surface area (Å²) in [6.45, 7) is 3.94. The molecular weight excluding hydrogens is 412 g/mol. The maximum absolute atomic E-state index is 12.9. The van der Waals surface area contributed by atoms with Crippen LogP contribution in [0.5, 0.6) is 0 Å². The van der Waals surface area contributed by atoms with Gasteiger partial charge in [-0.15, -0.1) is 0 Å². The predicted molar refractivity (Wildman–Crippen MR) is 121 cm³/mol. The molecule has 158 valence electrons. The van der Waals surface area contributed by atoms with E-state index in [9.17, 15) is 14.4 Å². The van der Waals surface area contributed by atoms with Crippen LogP contribution in [0.4, 0.5) is 11.5 Å². The van der Waals surface area contributed by atoms with Gasteiger partial charge in [-0.2, -0.15) is 0 Å². The highest BCUT2D eigenvalue weighted by Gasteiger charge is 2.34. The number of nitrogens with zero attached hydrogens (tertiary/aromatic N) is 1. The molecular formula is C23H22N4O3S. The smallest absolute Gasteiger partial charge is 0.257 e. The van der Waals surface area contributed by atoms with E-state index in [0.717, 1.165) is 16.7 Å². The van der Waals surface area contributed by atoms with E-state index in [1.54, 1.807) is 6.07 Å². The van der Waals surface area contributed by atoms with Crippen molar-refractivity contribution >= 4 is 35.1 Å². The van der Waals surface area contributed by atoms with Gasteiger partial charge >= 0.3 is 0 Å². The monoisotopic (exact) mass is 434 g/mol. The summed E-state index contributed by atoms with van der Waals surface area (Å²) >= 11 is 1.37. The number of nitrogens with one attached hydrogen (secondary N) is 3. The van der Waals surface area contributed by atoms with Crippen molar-refractivity contribution in [3.63, 3.8) is 0 Å². The topological polar surface area (TPSA) is 104 Å². The summed E-state index contributed by atoms with van der Waals surface area (Å²) in [5.41, 5.74) is 3.66. The number of thioether (sulfide) groups is 1. The molecule has 2 amide bonds. The normalized spacial score (nSPS) is 15.2. The van der Waals surface area contributed by atoms with Crippen molar-refractivity contribution in [3.8, 4) is 0 Å². The van der Waals surface area contributed by atoms with Crippen molar-refractivity contribution in [2.45, 2.75) is 37.1 Å². The van der Waals surface area contributed by atoms with Gasteiger partial charge in [0.25, 0.3) is 5.56 Å². The Bertz CT molecular complexity index is 1220. The van der Waals surface area contributed by atoms with Crippen LogP contribution in [0.3, 0.4) is 0 Å². The van der Waals surface area contributed by atoms with E-state index < -0.39 is 17.4 Å². The Balaban J connectivity index is 1.58. The predicted octanol–water partition coefficient (Wildman–Crippen LogP) is 3.74. The average molecular weight is 435 g/mol. The number of hydrogen-bond acceptors (Lipinski definition) is 5. The Morgan fingerprint density at radius 1 is 1.16 bits per heavy atom. The van der Waals surface area contributed by atoms with Gasteiger partial charge < -0.3 is 15.6 Å². The van der Waals surface area contributed by atoms with Gasteiger partial charge in [0.2, 0.25) is 11.8 Å². The van der Waals surface area contributed by atoms with Crippen molar-refractivity contribution in [3.05, 3.63) is 81.1 Å². The molecule has 7 nitrogen and oxygen atoms in total. The van der Waals surface area contributed by atoms with E-state index in [2.05, 4.69) is 20.6 Å². The number of fused-ring (bicyclic) bond motifs is 1. The Morgan fingerprint density at radius 3 is 2.74 bits per heavy atom. The van der Waals surface area contributed by atoms with Crippen molar-refractivity contribution in [2.24, 2.45) is 0 Å². The minimum absolute atomic E-state index is 0.106. The standard InChI is InChI=1S/C23H22N4O3S/c1-13-6-5-9-16(10-13)24-21(29)17-11-18(28)25-20-19(17)22(30)27-23(26-20)31-12-15-8-4-3-7-14(15)2/h3-10,17H,11-12H2,1-2H3,(H,24,29)(H2,25,26,27,28,30)/t17-/m1/s1. The van der Waals surface area contributed by atoms with Crippen molar-refractivity contribution in [1.29, 1.82) is 0 Å². The number of aryl methyl sites for hydroxylation is 2. The van der Waals surface area contributed by atoms with Gasteiger partial charge in [0.05, 0.1) is 11.5 Å². The second kappa shape index (κ2) is 8.77. The number of rotatable bonds is 5. The number of carbonyl (C=O) groups is 2. The molecule has 0 saturated heterocycles. The number of amides is 2. The van der Waals surface area contributed by atoms with Crippen LogP contribution in [-0.2, 0) is 15.3 Å². The summed E-state index contributed by atoms with van der Waals surface area (Å²) in [6.07, 6.45) is -0.106. The molecule has 0 aliphatic carbocycles. The molecule has 3 aromatic rings. The lowest BCUT2D eigenvalue weighted by Gasteiger charge is -2.23. The first-order valence-electron chi connectivity index (χ1n) is 9.89. The number of H-pyrrole nitrogens is 1. The zero-order valence-electron chi connectivity index (χ0n) is 17.2. The van der Waals surface area contributed by atoms with Gasteiger partial charge in [-0.25, -0.2) is 4.98 Å². The molecule has 3 N–H and O–H groups in total. The summed E-state index contributed by atoms with van der Waals surface area (Å²) in [4.78, 5) is 45.2. The average Bonchev–Trinajstić information content (AvgIpc) is 2.72. The number of benzene rings is 2. The fourth-order valence-corrected chi connectivity index (χ4v) is 4.45. The molecule has 0 fully saturated rings. The summed E-state index contributed by atoms with van der Waals surface area (Å²) in [5, 5.41) is 5.84. The highest BCUT2D eigenvalue weighted by molar-refractivity contribution is 7.98. The van der Waals surface area contributed by atoms with Crippen LogP contribution in [0.25, 0.3) is 0 Å². The van der Waals surface area contributed by atoms with Gasteiger partial charge in [-0.3, -0.25) is 14.4 Å². The summed E-state index contributed by atoms with van der Waals surface area (Å²) in [5.74, 6) is -0.883. The third-order valence-corrected chi connectivity index (χ3v) is 6.08. The molecule has 1 aliphatic rings. The van der Waals surface area contributed by atoms with Gasteiger partial charge in [0.1, 0.15) is 5.82 Å². The molecule has 1 aliphatic heterocycles. The molecule has 31 heavy (non-hydrogen) atoms. The Labute approximate surface area is 183 Å². The molecule has 0 bridgehead atoms. The number of carbonyl (C=O) groups excluding carboxylic acids is 2. The Hall–Kier alpha value is -3.39. The number of anilines is 2. The van der Waals surface area contributed by atoms with Crippen molar-refractivity contribution in [1.82, 2.24) is 9.97 Å². The third kappa shape index (κ3) is 4.69. The molecule has 0 saturated carbocycles. The van der Waals surface area contributed by atoms with E-state index in [-0.39, 0.29) is 23.7 Å². The van der Waals surface area contributed by atoms with E-state index in [1.165, 1.54) is 11.8 Å². The van der Waals surface area contributed by atoms with E-state index >= 15 is 0 Å². The lowest BCUT2D eigenvalue weighted by Crippen LogP contribution is -2.36. The SMILES string of the molecule is Cc1cccc(NC(=O)[C@@H]2CC(=O)Nc3nc(SCc4ccccc4C)[nH]c(=O)c32)c1. The third-order valence-electron chi connectivity index (χ3n) is 5.16. The Morgan fingerprint density at radius 2 is 1.97 bits per heavy atom. The van der Waals surface area contributed by atoms with Crippen LogP contribution in [0.15, 0.2) is 58.5 Å². The van der Waals surface area contributed by atoms with Crippen LogP contribution in [0.2, 0.25) is 0 Å². The van der Waals surface area contributed by atoms with Crippen LogP contribution in [0, 0.1) is 13.8 Å². The maximum Gasteiger partial charge on any atom is 0.257 e. The minimum Gasteiger partial charge on any atom is -0.326 e. The van der Waals surface area contributed by atoms with Gasteiger partial charge in [0.15, 0.2) is 5.16 Å². The number of hydrogen-bond donors (Lipinski definition) is 3. The van der Waals surface area contributed by atoms with Gasteiger partial charge in [-0.05, 0) is 42.7 Å². The highest BCUT2D eigenvalue weighted by atomic mass is 32.2. The molecule has 2 aromatic carbocycles. The zero-order chi connectivity index (χ0) is 22.0. The van der Waals surface area contributed by atoms with Gasteiger partial charge in [0, 0.05) is 17.9 Å². The molecule has 0 unspecified atom stereocenters. The number of aromatic amines is 1. The van der Waals surface area contributed by atoms with Crippen LogP contribution < -0.4 is 16.2 Å². The number of aromatic nitrogens is 2. The fourth-order valence-electron chi connectivity index (χ4n) is 3.51. The second-order valence-corrected chi connectivity index (χ2v) is 8.48. The molecule has 1 aromatic heterocycles. The summed E-state index contributed by atoms with van der Waals surface area (Å²) in [7, 11) is 0. The highest BCUT2D eigenvalue weighted by Crippen LogP contribution is 2.31. The molecule has 4 rings (SSSR count). The molecule has 0 spiro atoms. The van der Waals surface area contributed by atoms with Crippen molar-refractivity contribution < 1.29 is 9.59 Å². The first kappa shape index (κ1) is 20.9. The molecule has 1 atom stereocenters. The van der Waals surface area contributed by atoms with Crippen LogP contribution >= 0.6 is 11.8 Å². The maximum atomic E-state index is 12.9. The lowest BCUT2D eigenvalue weighted by molar-refractivity contribution is -0.123. The zero-order valence-corrected chi connectivity index (χ0v) is 18.0. The quantitative estimate of drug-likeness (QED) is 0.419. The fraction of sp³-hybridized carbons (Fsp3) is 0.217. The summed E-state index contributed by atoms with van der Waals surface area (Å²) < 4.78 is 0. The second-order valence-electron chi connectivity index (χ2n) is 7.51. The molecule has 8 heteroatoms. The van der Waals surface area contributed by atoms with E-state index in [1.807, 2.05) is 56.3 Å². The van der Waals surface area contributed by atoms with E-state index in [4.69, 9.17) is 0 Å². The molecule has 0 radical (unpaired) electrons. The first-order chi connectivity index (χ1) is 14.9. The largest absolute Gasteiger partial charge is 0.326 e. The van der Waals surface area contributed by atoms with Gasteiger partial charge in [-0.1, -0.05) is 48.2 Å². The van der Waals surface area contributed by atoms with E-state index in [0.29, 0.717) is 16.6 Å². The molecule has 2 heterocycles. The van der Waals surface area contributed by atoms with Crippen molar-refractivity contribution in [2.75, 3.05) is 10.6 Å². The minimum atomic E-state index is -0.907. The first-order valence-corrected chi connectivity index (χ1v) is 10.9. The van der Waals surface area contributed by atoms with Crippen LogP contribution in [0.1, 0.15) is 34.6 Å². The lowest BCUT2D eigenvalue weighted by atomic mass is 9.92.